The molecule has 0 bridgehead atoms. The van der Waals surface area contributed by atoms with Crippen molar-refractivity contribution in [1.82, 2.24) is 0 Å². The zero-order valence-corrected chi connectivity index (χ0v) is 6.26. The molecule has 0 aromatic heterocycles. The number of rotatable bonds is 0. The van der Waals surface area contributed by atoms with Crippen LogP contribution in [0.2, 0.25) is 5.02 Å². The first-order valence-corrected chi connectivity index (χ1v) is 3.22. The molecule has 1 rings (SSSR count). The van der Waals surface area contributed by atoms with Crippen molar-refractivity contribution in [3.05, 3.63) is 40.2 Å². The molecule has 0 amide bonds. The molecule has 0 heterocycles. The summed E-state index contributed by atoms with van der Waals surface area (Å²) >= 11 is 5.61. The van der Waals surface area contributed by atoms with Gasteiger partial charge >= 0.3 is 0 Å². The first-order chi connectivity index (χ1) is 5.26. The highest BCUT2D eigenvalue weighted by molar-refractivity contribution is 6.31. The van der Waals surface area contributed by atoms with Crippen LogP contribution in [0.3, 0.4) is 0 Å². The third kappa shape index (κ3) is 1.70. The van der Waals surface area contributed by atoms with E-state index in [2.05, 4.69) is 4.85 Å². The van der Waals surface area contributed by atoms with E-state index in [9.17, 15) is 0 Å². The van der Waals surface area contributed by atoms with E-state index in [0.717, 1.165) is 0 Å². The maximum absolute atomic E-state index is 8.47. The predicted molar refractivity (Wildman–Crippen MR) is 42.4 cm³/mol. The minimum atomic E-state index is 0.397. The normalized spacial score (nSPS) is 8.27. The fourth-order valence-electron chi connectivity index (χ4n) is 0.703. The molecule has 0 aliphatic carbocycles. The van der Waals surface area contributed by atoms with Crippen LogP contribution < -0.4 is 0 Å². The second kappa shape index (κ2) is 3.05. The Balaban J connectivity index is 3.28. The van der Waals surface area contributed by atoms with Crippen LogP contribution in [0.1, 0.15) is 5.56 Å². The number of halogens is 1. The van der Waals surface area contributed by atoms with Crippen LogP contribution in [0.25, 0.3) is 4.85 Å². The predicted octanol–water partition coefficient (Wildman–Crippen LogP) is 2.76. The molecule has 2 nitrogen and oxygen atoms in total. The summed E-state index contributed by atoms with van der Waals surface area (Å²) in [7, 11) is 0. The Bertz CT molecular complexity index is 325. The second-order valence-electron chi connectivity index (χ2n) is 1.92. The highest BCUT2D eigenvalue weighted by Crippen LogP contribution is 2.20. The van der Waals surface area contributed by atoms with Crippen molar-refractivity contribution in [2.75, 3.05) is 0 Å². The fraction of sp³-hybridized carbons (Fsp3) is 0. The minimum absolute atomic E-state index is 0.397. The monoisotopic (exact) mass is 162 g/mol. The molecule has 0 aliphatic rings. The van der Waals surface area contributed by atoms with E-state index < -0.39 is 0 Å². The highest BCUT2D eigenvalue weighted by Gasteiger charge is 1.96. The number of nitrogens with zero attached hydrogens (tertiary/aromatic N) is 2. The van der Waals surface area contributed by atoms with Crippen LogP contribution in [0.4, 0.5) is 5.69 Å². The number of benzene rings is 1. The number of hydrogen-bond donors (Lipinski definition) is 0. The zero-order chi connectivity index (χ0) is 8.27. The maximum atomic E-state index is 8.47. The highest BCUT2D eigenvalue weighted by atomic mass is 35.5. The molecule has 0 unspecified atom stereocenters. The van der Waals surface area contributed by atoms with Crippen molar-refractivity contribution < 1.29 is 0 Å². The topological polar surface area (TPSA) is 28.1 Å². The molecule has 11 heavy (non-hydrogen) atoms. The molecule has 0 saturated carbocycles. The first kappa shape index (κ1) is 7.60. The van der Waals surface area contributed by atoms with Crippen molar-refractivity contribution in [3.8, 4) is 6.07 Å². The lowest BCUT2D eigenvalue weighted by molar-refractivity contribution is 1.49. The maximum Gasteiger partial charge on any atom is 0.190 e. The van der Waals surface area contributed by atoms with Gasteiger partial charge < -0.3 is 0 Å². The van der Waals surface area contributed by atoms with Crippen LogP contribution in [0.5, 0.6) is 0 Å². The Labute approximate surface area is 69.5 Å². The molecule has 1 aromatic rings. The fourth-order valence-corrected chi connectivity index (χ4v) is 0.933. The Hall–Kier alpha value is -1.51. The Morgan fingerprint density at radius 1 is 1.45 bits per heavy atom. The van der Waals surface area contributed by atoms with Gasteiger partial charge in [0, 0.05) is 10.6 Å². The van der Waals surface area contributed by atoms with Gasteiger partial charge in [-0.15, -0.1) is 0 Å². The smallest absolute Gasteiger partial charge is 0.190 e. The molecule has 0 radical (unpaired) electrons. The van der Waals surface area contributed by atoms with Gasteiger partial charge in [-0.25, -0.2) is 4.85 Å². The summed E-state index contributed by atoms with van der Waals surface area (Å²) in [6.07, 6.45) is 0. The quantitative estimate of drug-likeness (QED) is 0.539. The number of hydrogen-bond acceptors (Lipinski definition) is 1. The van der Waals surface area contributed by atoms with Crippen molar-refractivity contribution in [2.45, 2.75) is 0 Å². The van der Waals surface area contributed by atoms with E-state index in [1.165, 1.54) is 18.2 Å². The van der Waals surface area contributed by atoms with Gasteiger partial charge in [0.1, 0.15) is 0 Å². The van der Waals surface area contributed by atoms with Crippen LogP contribution in [0, 0.1) is 17.9 Å². The van der Waals surface area contributed by atoms with E-state index in [1.807, 2.05) is 6.07 Å². The van der Waals surface area contributed by atoms with Gasteiger partial charge in [-0.3, -0.25) is 0 Å². The van der Waals surface area contributed by atoms with Crippen molar-refractivity contribution in [3.63, 3.8) is 0 Å². The van der Waals surface area contributed by atoms with Gasteiger partial charge in [-0.1, -0.05) is 11.6 Å². The van der Waals surface area contributed by atoms with E-state index in [0.29, 0.717) is 16.3 Å². The van der Waals surface area contributed by atoms with Crippen LogP contribution in [0.15, 0.2) is 18.2 Å². The average molecular weight is 163 g/mol. The lowest BCUT2D eigenvalue weighted by Gasteiger charge is -1.91. The van der Waals surface area contributed by atoms with Crippen molar-refractivity contribution >= 4 is 17.3 Å². The summed E-state index contributed by atoms with van der Waals surface area (Å²) in [4.78, 5) is 3.15. The molecule has 52 valence electrons. The Kier molecular flexibility index (Phi) is 2.11. The van der Waals surface area contributed by atoms with Crippen molar-refractivity contribution in [1.29, 1.82) is 5.26 Å². The standard InChI is InChI=1S/C8H3ClN2/c1-11-8-3-6(5-10)2-7(9)4-8/h2-4H. The molecule has 0 aliphatic heterocycles. The van der Waals surface area contributed by atoms with Gasteiger partial charge in [0.25, 0.3) is 0 Å². The summed E-state index contributed by atoms with van der Waals surface area (Å²) in [6, 6.07) is 6.46. The van der Waals surface area contributed by atoms with E-state index in [1.54, 1.807) is 0 Å². The van der Waals surface area contributed by atoms with Crippen LogP contribution >= 0.6 is 11.6 Å². The van der Waals surface area contributed by atoms with Gasteiger partial charge in [0.2, 0.25) is 0 Å². The molecule has 0 spiro atoms. The molecule has 0 fully saturated rings. The minimum Gasteiger partial charge on any atom is -0.238 e. The third-order valence-corrected chi connectivity index (χ3v) is 1.36. The Morgan fingerprint density at radius 3 is 2.73 bits per heavy atom. The molecule has 0 N–H and O–H groups in total. The van der Waals surface area contributed by atoms with Gasteiger partial charge in [0.05, 0.1) is 12.6 Å². The van der Waals surface area contributed by atoms with Crippen molar-refractivity contribution in [2.24, 2.45) is 0 Å². The van der Waals surface area contributed by atoms with Gasteiger partial charge in [-0.2, -0.15) is 5.26 Å². The Morgan fingerprint density at radius 2 is 2.18 bits per heavy atom. The molecule has 0 atom stereocenters. The molecule has 3 heteroatoms. The van der Waals surface area contributed by atoms with Gasteiger partial charge in [0.15, 0.2) is 5.69 Å². The summed E-state index contributed by atoms with van der Waals surface area (Å²) < 4.78 is 0. The lowest BCUT2D eigenvalue weighted by atomic mass is 10.2. The molecule has 1 aromatic carbocycles. The second-order valence-corrected chi connectivity index (χ2v) is 2.36. The summed E-state index contributed by atoms with van der Waals surface area (Å²) in [5, 5.41) is 8.90. The zero-order valence-electron chi connectivity index (χ0n) is 5.50. The lowest BCUT2D eigenvalue weighted by Crippen LogP contribution is -1.72. The summed E-state index contributed by atoms with van der Waals surface area (Å²) in [6.45, 7) is 6.67. The number of nitriles is 1. The van der Waals surface area contributed by atoms with E-state index in [-0.39, 0.29) is 0 Å². The molecule has 0 saturated heterocycles. The molecular formula is C8H3ClN2. The van der Waals surface area contributed by atoms with E-state index >= 15 is 0 Å². The molecular weight excluding hydrogens is 160 g/mol. The van der Waals surface area contributed by atoms with Crippen LogP contribution in [-0.2, 0) is 0 Å². The van der Waals surface area contributed by atoms with Gasteiger partial charge in [-0.05, 0) is 18.2 Å². The van der Waals surface area contributed by atoms with E-state index in [4.69, 9.17) is 23.4 Å². The summed E-state index contributed by atoms with van der Waals surface area (Å²) in [5.41, 5.74) is 0.817. The largest absolute Gasteiger partial charge is 0.238 e. The average Bonchev–Trinajstić information content (AvgIpc) is 2.03. The summed E-state index contributed by atoms with van der Waals surface area (Å²) in [5.74, 6) is 0. The third-order valence-electron chi connectivity index (χ3n) is 1.14. The SMILES string of the molecule is [C-]#[N+]c1cc(Cl)cc(C#N)c1. The first-order valence-electron chi connectivity index (χ1n) is 2.84. The van der Waals surface area contributed by atoms with Crippen LogP contribution in [-0.4, -0.2) is 0 Å².